The molecule has 0 spiro atoms. The predicted octanol–water partition coefficient (Wildman–Crippen LogP) is 3.00. The van der Waals surface area contributed by atoms with Crippen LogP contribution in [0.15, 0.2) is 40.9 Å². The fourth-order valence-electron chi connectivity index (χ4n) is 3.27. The van der Waals surface area contributed by atoms with E-state index in [1.165, 1.54) is 4.68 Å². The Morgan fingerprint density at radius 1 is 1.33 bits per heavy atom. The molecule has 0 fully saturated rings. The lowest BCUT2D eigenvalue weighted by molar-refractivity contribution is 0.0720. The summed E-state index contributed by atoms with van der Waals surface area (Å²) in [4.78, 5) is 19.0. The first-order chi connectivity index (χ1) is 13.1. The number of hydrogen-bond acceptors (Lipinski definition) is 5. The van der Waals surface area contributed by atoms with Gasteiger partial charge in [-0.3, -0.25) is 9.48 Å². The molecular weight excluding hydrogens is 368 g/mol. The molecule has 1 unspecified atom stereocenters. The van der Waals surface area contributed by atoms with Crippen LogP contribution in [0.2, 0.25) is 5.02 Å². The van der Waals surface area contributed by atoms with Crippen molar-refractivity contribution in [2.24, 2.45) is 7.05 Å². The Kier molecular flexibility index (Phi) is 4.72. The zero-order valence-corrected chi connectivity index (χ0v) is 15.8. The van der Waals surface area contributed by atoms with E-state index in [9.17, 15) is 4.79 Å². The van der Waals surface area contributed by atoms with Crippen LogP contribution in [0.25, 0.3) is 0 Å². The smallest absolute Gasteiger partial charge is 0.276 e. The van der Waals surface area contributed by atoms with Gasteiger partial charge in [0.25, 0.3) is 5.91 Å². The maximum Gasteiger partial charge on any atom is 0.276 e. The van der Waals surface area contributed by atoms with Crippen molar-refractivity contribution in [2.45, 2.75) is 19.1 Å². The molecule has 3 aromatic rings. The monoisotopic (exact) mass is 386 g/mol. The lowest BCUT2D eigenvalue weighted by atomic mass is 10.1. The topological polar surface area (TPSA) is 73.4 Å². The third-order valence-corrected chi connectivity index (χ3v) is 4.86. The summed E-state index contributed by atoms with van der Waals surface area (Å²) in [5, 5.41) is 4.50. The Morgan fingerprint density at radius 3 is 2.78 bits per heavy atom. The predicted molar refractivity (Wildman–Crippen MR) is 98.5 cm³/mol. The number of ether oxygens (including phenoxy) is 1. The largest absolute Gasteiger partial charge is 0.442 e. The van der Waals surface area contributed by atoms with Crippen LogP contribution in [0.4, 0.5) is 0 Å². The summed E-state index contributed by atoms with van der Waals surface area (Å²) in [6, 6.07) is 9.78. The minimum atomic E-state index is -0.383. The van der Waals surface area contributed by atoms with E-state index < -0.39 is 0 Å². The van der Waals surface area contributed by atoms with E-state index in [4.69, 9.17) is 20.8 Å². The van der Waals surface area contributed by atoms with Crippen molar-refractivity contribution < 1.29 is 13.9 Å². The number of aromatic nitrogens is 3. The second-order valence-electron chi connectivity index (χ2n) is 6.42. The zero-order chi connectivity index (χ0) is 19.0. The van der Waals surface area contributed by atoms with Gasteiger partial charge in [-0.25, -0.2) is 4.98 Å². The summed E-state index contributed by atoms with van der Waals surface area (Å²) in [5.41, 5.74) is 1.96. The quantitative estimate of drug-likeness (QED) is 0.689. The molecule has 0 saturated carbocycles. The number of amides is 1. The van der Waals surface area contributed by atoms with Crippen molar-refractivity contribution in [1.29, 1.82) is 0 Å². The highest BCUT2D eigenvalue weighted by Crippen LogP contribution is 2.29. The molecule has 1 atom stereocenters. The summed E-state index contributed by atoms with van der Waals surface area (Å²) < 4.78 is 13.1. The number of fused-ring (bicyclic) bond motifs is 1. The Balaban J connectivity index is 1.57. The molecule has 8 heteroatoms. The molecule has 3 heterocycles. The van der Waals surface area contributed by atoms with Crippen LogP contribution >= 0.6 is 11.6 Å². The van der Waals surface area contributed by atoms with Crippen LogP contribution < -0.4 is 0 Å². The van der Waals surface area contributed by atoms with Crippen LogP contribution in [0.5, 0.6) is 0 Å². The number of methoxy groups -OCH3 is 1. The lowest BCUT2D eigenvalue weighted by Crippen LogP contribution is -2.36. The number of carbonyl (C=O) groups excluding carboxylic acids is 1. The molecular formula is C19H19ClN4O3. The van der Waals surface area contributed by atoms with Gasteiger partial charge in [-0.1, -0.05) is 41.9 Å². The lowest BCUT2D eigenvalue weighted by Gasteiger charge is -2.24. The van der Waals surface area contributed by atoms with Crippen LogP contribution in [-0.4, -0.2) is 39.2 Å². The van der Waals surface area contributed by atoms with Gasteiger partial charge in [-0.15, -0.1) is 0 Å². The molecule has 0 aliphatic carbocycles. The maximum atomic E-state index is 12.7. The summed E-state index contributed by atoms with van der Waals surface area (Å²) in [7, 11) is 3.36. The van der Waals surface area contributed by atoms with Crippen molar-refractivity contribution in [3.63, 3.8) is 0 Å². The molecule has 1 aliphatic heterocycles. The number of aryl methyl sites for hydroxylation is 1. The van der Waals surface area contributed by atoms with Gasteiger partial charge in [0.05, 0.1) is 11.6 Å². The number of oxazole rings is 1. The Hall–Kier alpha value is -2.64. The average Bonchev–Trinajstić information content (AvgIpc) is 3.24. The molecule has 27 heavy (non-hydrogen) atoms. The molecule has 0 bridgehead atoms. The Bertz CT molecular complexity index is 967. The van der Waals surface area contributed by atoms with Crippen LogP contribution in [0, 0.1) is 0 Å². The number of halogens is 1. The fraction of sp³-hybridized carbons (Fsp3) is 0.316. The van der Waals surface area contributed by atoms with Gasteiger partial charge in [0.15, 0.2) is 11.8 Å². The molecule has 1 amide bonds. The zero-order valence-electron chi connectivity index (χ0n) is 15.1. The second-order valence-corrected chi connectivity index (χ2v) is 6.83. The average molecular weight is 387 g/mol. The summed E-state index contributed by atoms with van der Waals surface area (Å²) in [6.07, 6.45) is 1.82. The van der Waals surface area contributed by atoms with Crippen molar-refractivity contribution >= 4 is 17.5 Å². The van der Waals surface area contributed by atoms with E-state index >= 15 is 0 Å². The number of nitrogens with zero attached hydrogens (tertiary/aromatic N) is 4. The Morgan fingerprint density at radius 2 is 2.11 bits per heavy atom. The van der Waals surface area contributed by atoms with Gasteiger partial charge >= 0.3 is 0 Å². The van der Waals surface area contributed by atoms with Crippen LogP contribution in [-0.2, 0) is 24.8 Å². The van der Waals surface area contributed by atoms with E-state index in [0.29, 0.717) is 30.4 Å². The van der Waals surface area contributed by atoms with Crippen molar-refractivity contribution in [3.8, 4) is 0 Å². The van der Waals surface area contributed by atoms with Crippen molar-refractivity contribution in [3.05, 3.63) is 70.2 Å². The summed E-state index contributed by atoms with van der Waals surface area (Å²) >= 11 is 6.11. The number of rotatable bonds is 4. The maximum absolute atomic E-state index is 12.7. The van der Waals surface area contributed by atoms with Gasteiger partial charge in [0, 0.05) is 33.3 Å². The summed E-state index contributed by atoms with van der Waals surface area (Å²) in [6.45, 7) is 0.881. The van der Waals surface area contributed by atoms with Crippen LogP contribution in [0.1, 0.15) is 39.5 Å². The Labute approximate surface area is 161 Å². The van der Waals surface area contributed by atoms with E-state index in [0.717, 1.165) is 17.0 Å². The highest BCUT2D eigenvalue weighted by molar-refractivity contribution is 6.33. The minimum absolute atomic E-state index is 0.206. The van der Waals surface area contributed by atoms with E-state index in [-0.39, 0.29) is 17.7 Å². The molecule has 1 aromatic carbocycles. The standard InChI is InChI=1S/C19H19ClN4O3/c1-23-10-13(20)16(22-23)19(25)24-9-8-15-14(11-24)21-18(27-15)17(26-2)12-6-4-3-5-7-12/h3-7,10,17H,8-9,11H2,1-2H3. The first kappa shape index (κ1) is 17.8. The fourth-order valence-corrected chi connectivity index (χ4v) is 3.53. The highest BCUT2D eigenvalue weighted by atomic mass is 35.5. The molecule has 4 rings (SSSR count). The van der Waals surface area contributed by atoms with Gasteiger partial charge in [0.2, 0.25) is 5.89 Å². The van der Waals surface area contributed by atoms with E-state index in [1.54, 1.807) is 25.3 Å². The third-order valence-electron chi connectivity index (χ3n) is 4.58. The second kappa shape index (κ2) is 7.17. The molecule has 140 valence electrons. The first-order valence-electron chi connectivity index (χ1n) is 8.61. The molecule has 0 N–H and O–H groups in total. The molecule has 7 nitrogen and oxygen atoms in total. The van der Waals surface area contributed by atoms with Gasteiger partial charge in [0.1, 0.15) is 11.5 Å². The summed E-state index contributed by atoms with van der Waals surface area (Å²) in [5.74, 6) is 1.08. The first-order valence-corrected chi connectivity index (χ1v) is 8.99. The molecule has 2 aromatic heterocycles. The van der Waals surface area contributed by atoms with Gasteiger partial charge in [-0.2, -0.15) is 5.10 Å². The number of benzene rings is 1. The molecule has 0 radical (unpaired) electrons. The highest BCUT2D eigenvalue weighted by Gasteiger charge is 2.30. The molecule has 1 aliphatic rings. The normalized spacial score (nSPS) is 14.9. The number of carbonyl (C=O) groups is 1. The minimum Gasteiger partial charge on any atom is -0.442 e. The van der Waals surface area contributed by atoms with Crippen molar-refractivity contribution in [1.82, 2.24) is 19.7 Å². The third kappa shape index (κ3) is 3.36. The number of hydrogen-bond donors (Lipinski definition) is 0. The van der Waals surface area contributed by atoms with E-state index in [2.05, 4.69) is 10.1 Å². The van der Waals surface area contributed by atoms with Crippen molar-refractivity contribution in [2.75, 3.05) is 13.7 Å². The van der Waals surface area contributed by atoms with Gasteiger partial charge in [-0.05, 0) is 5.56 Å². The van der Waals surface area contributed by atoms with Crippen LogP contribution in [0.3, 0.4) is 0 Å². The molecule has 0 saturated heterocycles. The van der Waals surface area contributed by atoms with E-state index in [1.807, 2.05) is 30.3 Å². The SMILES string of the molecule is COC(c1ccccc1)c1nc2c(o1)CCN(C(=O)c1nn(C)cc1Cl)C2. The van der Waals surface area contributed by atoms with Gasteiger partial charge < -0.3 is 14.1 Å².